The molecule has 0 fully saturated rings. The molecule has 1 rings (SSSR count). The van der Waals surface area contributed by atoms with Gasteiger partial charge in [0, 0.05) is 17.3 Å². The zero-order valence-corrected chi connectivity index (χ0v) is 9.80. The summed E-state index contributed by atoms with van der Waals surface area (Å²) >= 11 is 0. The van der Waals surface area contributed by atoms with Crippen LogP contribution in [0.5, 0.6) is 0 Å². The number of pyridine rings is 1. The van der Waals surface area contributed by atoms with E-state index in [4.69, 9.17) is 0 Å². The van der Waals surface area contributed by atoms with Crippen molar-refractivity contribution >= 4 is 5.97 Å². The van der Waals surface area contributed by atoms with Crippen molar-refractivity contribution in [2.45, 2.75) is 25.9 Å². The Balaban J connectivity index is 3.26. The van der Waals surface area contributed by atoms with Crippen LogP contribution >= 0.6 is 0 Å². The van der Waals surface area contributed by atoms with Crippen LogP contribution in [-0.4, -0.2) is 17.6 Å². The lowest BCUT2D eigenvalue weighted by Gasteiger charge is -2.14. The van der Waals surface area contributed by atoms with E-state index in [1.165, 1.54) is 6.92 Å². The molecule has 1 aromatic heterocycles. The Labute approximate surface area is 105 Å². The summed E-state index contributed by atoms with van der Waals surface area (Å²) in [5.41, 5.74) is -3.20. The Morgan fingerprint density at radius 1 is 1.42 bits per heavy atom. The number of aromatic nitrogens is 1. The molecule has 1 heterocycles. The smallest absolute Gasteiger partial charge is 0.433 e. The van der Waals surface area contributed by atoms with Crippen molar-refractivity contribution < 1.29 is 31.5 Å². The molecule has 0 aromatic carbocycles. The zero-order valence-electron chi connectivity index (χ0n) is 9.80. The number of hydrogen-bond acceptors (Lipinski definition) is 3. The third-order valence-corrected chi connectivity index (χ3v) is 2.22. The number of hydrogen-bond donors (Lipinski definition) is 0. The van der Waals surface area contributed by atoms with Gasteiger partial charge in [-0.3, -0.25) is 9.78 Å². The van der Waals surface area contributed by atoms with Crippen molar-refractivity contribution in [3.8, 4) is 0 Å². The van der Waals surface area contributed by atoms with Gasteiger partial charge < -0.3 is 4.74 Å². The third-order valence-electron chi connectivity index (χ3n) is 2.22. The van der Waals surface area contributed by atoms with Crippen molar-refractivity contribution in [2.24, 2.45) is 0 Å². The van der Waals surface area contributed by atoms with Crippen molar-refractivity contribution in [3.63, 3.8) is 0 Å². The molecular weight excluding hydrogens is 273 g/mol. The number of carbonyl (C=O) groups is 1. The van der Waals surface area contributed by atoms with E-state index in [0.717, 1.165) is 6.07 Å². The van der Waals surface area contributed by atoms with E-state index in [1.807, 2.05) is 0 Å². The average Bonchev–Trinajstić information content (AvgIpc) is 2.27. The maximum atomic E-state index is 12.7. The largest absolute Gasteiger partial charge is 0.466 e. The molecule has 0 amide bonds. The van der Waals surface area contributed by atoms with E-state index in [9.17, 15) is 26.7 Å². The summed E-state index contributed by atoms with van der Waals surface area (Å²) < 4.78 is 67.8. The Bertz CT molecular complexity index is 459. The van der Waals surface area contributed by atoms with Crippen molar-refractivity contribution in [1.29, 1.82) is 0 Å². The summed E-state index contributed by atoms with van der Waals surface area (Å²) in [6, 6.07) is 0.758. The number of alkyl halides is 5. The van der Waals surface area contributed by atoms with Gasteiger partial charge in [-0.1, -0.05) is 0 Å². The van der Waals surface area contributed by atoms with E-state index in [0.29, 0.717) is 6.20 Å². The molecule has 0 radical (unpaired) electrons. The van der Waals surface area contributed by atoms with Crippen LogP contribution in [-0.2, 0) is 22.1 Å². The highest BCUT2D eigenvalue weighted by Gasteiger charge is 2.37. The van der Waals surface area contributed by atoms with Gasteiger partial charge in [0.1, 0.15) is 5.69 Å². The molecule has 0 atom stereocenters. The van der Waals surface area contributed by atoms with Crippen LogP contribution in [0.25, 0.3) is 0 Å². The Hall–Kier alpha value is -1.73. The Morgan fingerprint density at radius 3 is 2.53 bits per heavy atom. The van der Waals surface area contributed by atoms with Gasteiger partial charge in [0.2, 0.25) is 0 Å². The van der Waals surface area contributed by atoms with Gasteiger partial charge >= 0.3 is 12.1 Å². The quantitative estimate of drug-likeness (QED) is 0.629. The first-order chi connectivity index (χ1) is 8.77. The van der Waals surface area contributed by atoms with Gasteiger partial charge in [-0.15, -0.1) is 0 Å². The van der Waals surface area contributed by atoms with Crippen LogP contribution in [0, 0.1) is 0 Å². The highest BCUT2D eigenvalue weighted by molar-refractivity contribution is 5.73. The fourth-order valence-electron chi connectivity index (χ4n) is 1.50. The average molecular weight is 283 g/mol. The summed E-state index contributed by atoms with van der Waals surface area (Å²) in [6.45, 7) is 1.41. The first kappa shape index (κ1) is 15.3. The number of carbonyl (C=O) groups excluding carboxylic acids is 1. The Morgan fingerprint density at radius 2 is 2.05 bits per heavy atom. The summed E-state index contributed by atoms with van der Waals surface area (Å²) in [6.07, 6.45) is -8.30. The molecule has 106 valence electrons. The zero-order chi connectivity index (χ0) is 14.6. The molecule has 3 nitrogen and oxygen atoms in total. The molecular formula is C11H10F5NO2. The highest BCUT2D eigenvalue weighted by Crippen LogP contribution is 2.34. The molecule has 0 saturated carbocycles. The third kappa shape index (κ3) is 3.87. The topological polar surface area (TPSA) is 39.2 Å². The van der Waals surface area contributed by atoms with Crippen LogP contribution in [0.4, 0.5) is 22.0 Å². The SMILES string of the molecule is CCOC(=O)Cc1c(C(F)F)ccnc1C(F)(F)F. The van der Waals surface area contributed by atoms with Crippen molar-refractivity contribution in [2.75, 3.05) is 6.61 Å². The molecule has 0 spiro atoms. The van der Waals surface area contributed by atoms with E-state index in [-0.39, 0.29) is 6.61 Å². The van der Waals surface area contributed by atoms with Gasteiger partial charge in [0.15, 0.2) is 0 Å². The van der Waals surface area contributed by atoms with Crippen LogP contribution in [0.15, 0.2) is 12.3 Å². The van der Waals surface area contributed by atoms with Gasteiger partial charge in [-0.2, -0.15) is 13.2 Å². The fraction of sp³-hybridized carbons (Fsp3) is 0.455. The minimum absolute atomic E-state index is 0.0511. The summed E-state index contributed by atoms with van der Waals surface area (Å²) in [4.78, 5) is 14.2. The van der Waals surface area contributed by atoms with E-state index in [1.54, 1.807) is 0 Å². The van der Waals surface area contributed by atoms with Gasteiger partial charge in [0.05, 0.1) is 13.0 Å². The molecule has 19 heavy (non-hydrogen) atoms. The van der Waals surface area contributed by atoms with Gasteiger partial charge in [0.25, 0.3) is 6.43 Å². The maximum Gasteiger partial charge on any atom is 0.433 e. The summed E-state index contributed by atoms with van der Waals surface area (Å²) in [7, 11) is 0. The predicted octanol–water partition coefficient (Wildman–Crippen LogP) is 3.14. The molecule has 0 unspecified atom stereocenters. The normalized spacial score (nSPS) is 11.7. The second kappa shape index (κ2) is 5.94. The molecule has 1 aromatic rings. The van der Waals surface area contributed by atoms with Crippen molar-refractivity contribution in [3.05, 3.63) is 29.1 Å². The summed E-state index contributed by atoms with van der Waals surface area (Å²) in [5.74, 6) is -1.01. The van der Waals surface area contributed by atoms with E-state index >= 15 is 0 Å². The Kier molecular flexibility index (Phi) is 4.79. The van der Waals surface area contributed by atoms with E-state index in [2.05, 4.69) is 9.72 Å². The lowest BCUT2D eigenvalue weighted by Crippen LogP contribution is -2.18. The number of esters is 1. The standard InChI is InChI=1S/C11H10F5NO2/c1-2-19-8(18)5-7-6(10(12)13)3-4-17-9(7)11(14,15)16/h3-4,10H,2,5H2,1H3. The molecule has 0 saturated heterocycles. The lowest BCUT2D eigenvalue weighted by atomic mass is 10.0. The molecule has 8 heteroatoms. The number of halogens is 5. The number of nitrogens with zero attached hydrogens (tertiary/aromatic N) is 1. The molecule has 0 aliphatic rings. The minimum atomic E-state index is -4.91. The van der Waals surface area contributed by atoms with Crippen LogP contribution in [0.1, 0.15) is 30.2 Å². The van der Waals surface area contributed by atoms with Gasteiger partial charge in [-0.25, -0.2) is 8.78 Å². The van der Waals surface area contributed by atoms with Crippen LogP contribution < -0.4 is 0 Å². The van der Waals surface area contributed by atoms with Crippen LogP contribution in [0.2, 0.25) is 0 Å². The molecule has 0 aliphatic heterocycles. The van der Waals surface area contributed by atoms with Crippen molar-refractivity contribution in [1.82, 2.24) is 4.98 Å². The first-order valence-corrected chi connectivity index (χ1v) is 5.26. The number of rotatable bonds is 4. The molecule has 0 aliphatic carbocycles. The molecule has 0 bridgehead atoms. The van der Waals surface area contributed by atoms with Crippen LogP contribution in [0.3, 0.4) is 0 Å². The summed E-state index contributed by atoms with van der Waals surface area (Å²) in [5, 5.41) is 0. The minimum Gasteiger partial charge on any atom is -0.466 e. The monoisotopic (exact) mass is 283 g/mol. The first-order valence-electron chi connectivity index (χ1n) is 5.26. The number of ether oxygens (including phenoxy) is 1. The predicted molar refractivity (Wildman–Crippen MR) is 54.5 cm³/mol. The van der Waals surface area contributed by atoms with E-state index < -0.39 is 41.8 Å². The molecule has 0 N–H and O–H groups in total. The fourth-order valence-corrected chi connectivity index (χ4v) is 1.50. The lowest BCUT2D eigenvalue weighted by molar-refractivity contribution is -0.144. The highest BCUT2D eigenvalue weighted by atomic mass is 19.4. The second-order valence-corrected chi connectivity index (χ2v) is 3.51. The second-order valence-electron chi connectivity index (χ2n) is 3.51. The van der Waals surface area contributed by atoms with Gasteiger partial charge in [-0.05, 0) is 13.0 Å². The maximum absolute atomic E-state index is 12.7.